The Morgan fingerprint density at radius 3 is 2.13 bits per heavy atom. The van der Waals surface area contributed by atoms with Crippen LogP contribution in [0.1, 0.15) is 18.4 Å². The lowest BCUT2D eigenvalue weighted by Gasteiger charge is -2.48. The fraction of sp³-hybridized carbons (Fsp3) is 0.667. The first-order chi connectivity index (χ1) is 10.8. The third-order valence-corrected chi connectivity index (χ3v) is 7.14. The van der Waals surface area contributed by atoms with Gasteiger partial charge in [-0.25, -0.2) is 0 Å². The van der Waals surface area contributed by atoms with Crippen molar-refractivity contribution in [2.45, 2.75) is 44.8 Å². The predicted molar refractivity (Wildman–Crippen MR) is 99.9 cm³/mol. The molecule has 0 radical (unpaired) electrons. The van der Waals surface area contributed by atoms with Crippen molar-refractivity contribution in [3.05, 3.63) is 34.3 Å². The lowest BCUT2D eigenvalue weighted by molar-refractivity contribution is -0.939. The molecule has 1 aromatic carbocycles. The Hall–Kier alpha value is -0.203. The largest absolute Gasteiger partial charge is 0.347 e. The lowest BCUT2D eigenvalue weighted by atomic mass is 10.0. The predicted octanol–water partition coefficient (Wildman–Crippen LogP) is 4.18. The first kappa shape index (κ1) is 17.6. The van der Waals surface area contributed by atoms with Crippen LogP contribution in [0.3, 0.4) is 0 Å². The number of ether oxygens (including phenoxy) is 2. The highest BCUT2D eigenvalue weighted by molar-refractivity contribution is 9.10. The molecule has 0 atom stereocenters. The molecule has 0 unspecified atom stereocenters. The maximum Gasteiger partial charge on any atom is 0.179 e. The van der Waals surface area contributed by atoms with Crippen LogP contribution >= 0.6 is 15.9 Å². The second-order valence-electron chi connectivity index (χ2n) is 8.40. The number of halogens is 1. The van der Waals surface area contributed by atoms with Crippen LogP contribution < -0.4 is 0 Å². The number of rotatable bonds is 4. The number of hydrogen-bond donors (Lipinski definition) is 0. The number of piperidine rings is 1. The van der Waals surface area contributed by atoms with Gasteiger partial charge in [0.2, 0.25) is 0 Å². The van der Waals surface area contributed by atoms with E-state index >= 15 is 0 Å². The van der Waals surface area contributed by atoms with Gasteiger partial charge in [0.15, 0.2) is 5.79 Å². The molecule has 1 spiro atoms. The minimum absolute atomic E-state index is 0.263. The van der Waals surface area contributed by atoms with Crippen LogP contribution in [0.2, 0.25) is 19.6 Å². The molecular weight excluding hydrogens is 370 g/mol. The number of benzene rings is 1. The fourth-order valence-electron chi connectivity index (χ4n) is 4.19. The monoisotopic (exact) mass is 398 g/mol. The summed E-state index contributed by atoms with van der Waals surface area (Å²) in [4.78, 5) is 0. The molecule has 5 heteroatoms. The summed E-state index contributed by atoms with van der Waals surface area (Å²) in [5.74, 6) is -0.263. The molecule has 0 bridgehead atoms. The third kappa shape index (κ3) is 4.45. The highest BCUT2D eigenvalue weighted by Gasteiger charge is 2.47. The number of nitrogens with zero attached hydrogens (tertiary/aromatic N) is 1. The van der Waals surface area contributed by atoms with Crippen LogP contribution in [-0.4, -0.2) is 50.8 Å². The van der Waals surface area contributed by atoms with E-state index in [9.17, 15) is 0 Å². The first-order valence-electron chi connectivity index (χ1n) is 8.68. The minimum Gasteiger partial charge on any atom is -0.347 e. The SMILES string of the molecule is C[Si](C)(C)C[N+]1(Cc2ccc(Br)cc2)CCC2(CC1)OCCO2. The van der Waals surface area contributed by atoms with Crippen molar-refractivity contribution in [2.75, 3.05) is 32.5 Å². The van der Waals surface area contributed by atoms with Crippen molar-refractivity contribution in [1.82, 2.24) is 0 Å². The molecule has 3 rings (SSSR count). The molecule has 2 aliphatic rings. The highest BCUT2D eigenvalue weighted by Crippen LogP contribution is 2.36. The topological polar surface area (TPSA) is 18.5 Å². The van der Waals surface area contributed by atoms with Gasteiger partial charge in [0.05, 0.1) is 45.3 Å². The Kier molecular flexibility index (Phi) is 5.05. The van der Waals surface area contributed by atoms with E-state index in [1.54, 1.807) is 0 Å². The van der Waals surface area contributed by atoms with Crippen molar-refractivity contribution in [3.63, 3.8) is 0 Å². The molecule has 3 nitrogen and oxygen atoms in total. The van der Waals surface area contributed by atoms with Gasteiger partial charge in [-0.2, -0.15) is 0 Å². The Labute approximate surface area is 149 Å². The molecule has 0 amide bonds. The van der Waals surface area contributed by atoms with Crippen LogP contribution in [0.5, 0.6) is 0 Å². The number of likely N-dealkylation sites (tertiary alicyclic amines) is 1. The van der Waals surface area contributed by atoms with Gasteiger partial charge < -0.3 is 14.0 Å². The van der Waals surface area contributed by atoms with Gasteiger partial charge in [0.1, 0.15) is 14.6 Å². The van der Waals surface area contributed by atoms with Crippen LogP contribution in [0, 0.1) is 0 Å². The molecule has 0 aromatic heterocycles. The standard InChI is InChI=1S/C18H29BrNO2Si/c1-23(2,3)15-20(14-16-4-6-17(19)7-5-16)10-8-18(9-11-20)21-12-13-22-18/h4-7H,8-15H2,1-3H3/q+1. The second-order valence-corrected chi connectivity index (χ2v) is 14.8. The lowest BCUT2D eigenvalue weighted by Crippen LogP contribution is -2.61. The van der Waals surface area contributed by atoms with E-state index < -0.39 is 8.07 Å². The summed E-state index contributed by atoms with van der Waals surface area (Å²) in [5.41, 5.74) is 1.44. The van der Waals surface area contributed by atoms with Crippen LogP contribution in [0.25, 0.3) is 0 Å². The van der Waals surface area contributed by atoms with Gasteiger partial charge >= 0.3 is 0 Å². The number of quaternary nitrogens is 1. The molecule has 2 aliphatic heterocycles. The van der Waals surface area contributed by atoms with E-state index in [4.69, 9.17) is 9.47 Å². The van der Waals surface area contributed by atoms with Gasteiger partial charge in [-0.05, 0) is 12.1 Å². The van der Waals surface area contributed by atoms with Gasteiger partial charge in [-0.15, -0.1) is 0 Å². The van der Waals surface area contributed by atoms with E-state index in [0.717, 1.165) is 37.1 Å². The summed E-state index contributed by atoms with van der Waals surface area (Å²) in [6.45, 7) is 12.5. The second kappa shape index (κ2) is 6.60. The molecule has 23 heavy (non-hydrogen) atoms. The summed E-state index contributed by atoms with van der Waals surface area (Å²) in [6.07, 6.45) is 3.40. The molecule has 128 valence electrons. The quantitative estimate of drug-likeness (QED) is 0.559. The first-order valence-corrected chi connectivity index (χ1v) is 13.2. The average Bonchev–Trinajstić information content (AvgIpc) is 2.92. The Bertz CT molecular complexity index is 525. The zero-order chi connectivity index (χ0) is 16.6. The van der Waals surface area contributed by atoms with E-state index in [1.807, 2.05) is 0 Å². The Morgan fingerprint density at radius 2 is 1.61 bits per heavy atom. The maximum absolute atomic E-state index is 5.94. The molecule has 0 N–H and O–H groups in total. The van der Waals surface area contributed by atoms with Gasteiger partial charge in [0, 0.05) is 10.0 Å². The smallest absolute Gasteiger partial charge is 0.179 e. The highest BCUT2D eigenvalue weighted by atomic mass is 79.9. The number of hydrogen-bond acceptors (Lipinski definition) is 2. The van der Waals surface area contributed by atoms with Crippen LogP contribution in [-0.2, 0) is 16.0 Å². The Balaban J connectivity index is 1.76. The van der Waals surface area contributed by atoms with Crippen molar-refractivity contribution in [1.29, 1.82) is 0 Å². The molecule has 0 saturated carbocycles. The minimum atomic E-state index is -1.15. The molecular formula is C18H29BrNO2Si+. The Morgan fingerprint density at radius 1 is 1.04 bits per heavy atom. The molecule has 0 aliphatic carbocycles. The summed E-state index contributed by atoms with van der Waals surface area (Å²) in [6, 6.07) is 8.85. The van der Waals surface area contributed by atoms with Gasteiger partial charge in [0.25, 0.3) is 0 Å². The molecule has 1 aromatic rings. The van der Waals surface area contributed by atoms with E-state index in [-0.39, 0.29) is 5.79 Å². The molecule has 2 heterocycles. The van der Waals surface area contributed by atoms with Crippen molar-refractivity contribution < 1.29 is 14.0 Å². The summed E-state index contributed by atoms with van der Waals surface area (Å²) >= 11 is 3.54. The normalized spacial score (nSPS) is 23.3. The van der Waals surface area contributed by atoms with E-state index in [2.05, 4.69) is 59.8 Å². The average molecular weight is 399 g/mol. The van der Waals surface area contributed by atoms with E-state index in [1.165, 1.54) is 29.3 Å². The zero-order valence-corrected chi connectivity index (χ0v) is 17.2. The maximum atomic E-state index is 5.94. The fourth-order valence-corrected chi connectivity index (χ4v) is 6.90. The summed E-state index contributed by atoms with van der Waals surface area (Å²) in [7, 11) is -1.15. The molecule has 2 fully saturated rings. The van der Waals surface area contributed by atoms with Crippen molar-refractivity contribution in [2.24, 2.45) is 0 Å². The van der Waals surface area contributed by atoms with Gasteiger partial charge in [-0.1, -0.05) is 47.7 Å². The van der Waals surface area contributed by atoms with E-state index in [0.29, 0.717) is 0 Å². The molecule has 2 saturated heterocycles. The zero-order valence-electron chi connectivity index (χ0n) is 14.6. The van der Waals surface area contributed by atoms with Crippen molar-refractivity contribution >= 4 is 24.0 Å². The van der Waals surface area contributed by atoms with Crippen LogP contribution in [0.15, 0.2) is 28.7 Å². The van der Waals surface area contributed by atoms with Gasteiger partial charge in [-0.3, -0.25) is 0 Å². The summed E-state index contributed by atoms with van der Waals surface area (Å²) in [5, 5.41) is 0. The summed E-state index contributed by atoms with van der Waals surface area (Å²) < 4.78 is 14.2. The van der Waals surface area contributed by atoms with Crippen LogP contribution in [0.4, 0.5) is 0 Å². The third-order valence-electron chi connectivity index (χ3n) is 4.99. The van der Waals surface area contributed by atoms with Crippen molar-refractivity contribution in [3.8, 4) is 0 Å².